The van der Waals surface area contributed by atoms with Crippen LogP contribution in [0.4, 0.5) is 5.69 Å². The van der Waals surface area contributed by atoms with Crippen LogP contribution in [0.1, 0.15) is 35.7 Å². The number of amides is 1. The van der Waals surface area contributed by atoms with Crippen LogP contribution >= 0.6 is 24.0 Å². The SMILES string of the molecule is CCCC(NC(=O)c1ccc2c(c1)[nH]c1ccccc12)N1CCN(c2cccc(Cl)c2C)CC1.Cl. The highest BCUT2D eigenvalue weighted by atomic mass is 35.5. The van der Waals surface area contributed by atoms with Crippen LogP contribution in [0.5, 0.6) is 0 Å². The molecule has 3 aromatic carbocycles. The molecule has 2 heterocycles. The van der Waals surface area contributed by atoms with Crippen LogP contribution in [0, 0.1) is 6.92 Å². The van der Waals surface area contributed by atoms with Gasteiger partial charge in [-0.2, -0.15) is 0 Å². The molecular formula is C28H32Cl2N4O. The van der Waals surface area contributed by atoms with E-state index in [1.54, 1.807) is 0 Å². The van der Waals surface area contributed by atoms with E-state index in [9.17, 15) is 4.79 Å². The van der Waals surface area contributed by atoms with E-state index in [4.69, 9.17) is 11.6 Å². The molecule has 1 fully saturated rings. The second-order valence-corrected chi connectivity index (χ2v) is 9.52. The van der Waals surface area contributed by atoms with Crippen LogP contribution in [-0.2, 0) is 0 Å². The summed E-state index contributed by atoms with van der Waals surface area (Å²) < 4.78 is 0. The third kappa shape index (κ3) is 5.13. The predicted molar refractivity (Wildman–Crippen MR) is 149 cm³/mol. The number of rotatable bonds is 6. The number of para-hydroxylation sites is 1. The van der Waals surface area contributed by atoms with E-state index in [1.165, 1.54) is 11.1 Å². The normalized spacial score (nSPS) is 15.2. The van der Waals surface area contributed by atoms with Gasteiger partial charge in [0, 0.05) is 64.3 Å². The number of nitrogens with zero attached hydrogens (tertiary/aromatic N) is 2. The van der Waals surface area contributed by atoms with E-state index in [-0.39, 0.29) is 24.5 Å². The molecule has 4 aromatic rings. The molecule has 2 N–H and O–H groups in total. The lowest BCUT2D eigenvalue weighted by Crippen LogP contribution is -2.56. The summed E-state index contributed by atoms with van der Waals surface area (Å²) in [7, 11) is 0. The number of benzene rings is 3. The van der Waals surface area contributed by atoms with Crippen LogP contribution in [0.25, 0.3) is 21.8 Å². The molecule has 0 spiro atoms. The van der Waals surface area contributed by atoms with E-state index < -0.39 is 0 Å². The third-order valence-corrected chi connectivity index (χ3v) is 7.37. The smallest absolute Gasteiger partial charge is 0.252 e. The van der Waals surface area contributed by atoms with Crippen molar-refractivity contribution in [2.45, 2.75) is 32.9 Å². The van der Waals surface area contributed by atoms with Gasteiger partial charge < -0.3 is 15.2 Å². The van der Waals surface area contributed by atoms with Gasteiger partial charge in [0.1, 0.15) is 0 Å². The number of nitrogens with one attached hydrogen (secondary N) is 2. The molecule has 0 bridgehead atoms. The molecule has 1 aliphatic heterocycles. The zero-order chi connectivity index (χ0) is 23.7. The molecule has 5 nitrogen and oxygen atoms in total. The van der Waals surface area contributed by atoms with Gasteiger partial charge in [0.05, 0.1) is 6.17 Å². The molecule has 0 radical (unpaired) electrons. The quantitative estimate of drug-likeness (QED) is 0.316. The Morgan fingerprint density at radius 3 is 2.51 bits per heavy atom. The summed E-state index contributed by atoms with van der Waals surface area (Å²) in [6.45, 7) is 7.88. The van der Waals surface area contributed by atoms with Crippen molar-refractivity contribution in [1.29, 1.82) is 0 Å². The van der Waals surface area contributed by atoms with Gasteiger partial charge in [-0.1, -0.05) is 55.3 Å². The van der Waals surface area contributed by atoms with Crippen molar-refractivity contribution in [2.75, 3.05) is 31.1 Å². The van der Waals surface area contributed by atoms with Crippen molar-refractivity contribution in [3.8, 4) is 0 Å². The molecule has 1 aliphatic rings. The Hall–Kier alpha value is -2.73. The van der Waals surface area contributed by atoms with Gasteiger partial charge in [-0.15, -0.1) is 12.4 Å². The summed E-state index contributed by atoms with van der Waals surface area (Å²) in [6, 6.07) is 20.3. The van der Waals surface area contributed by atoms with Crippen molar-refractivity contribution >= 4 is 57.4 Å². The van der Waals surface area contributed by atoms with Crippen molar-refractivity contribution in [3.05, 3.63) is 76.8 Å². The molecule has 35 heavy (non-hydrogen) atoms. The first-order chi connectivity index (χ1) is 16.5. The molecule has 1 saturated heterocycles. The van der Waals surface area contributed by atoms with Crippen molar-refractivity contribution in [2.24, 2.45) is 0 Å². The Morgan fingerprint density at radius 1 is 1.00 bits per heavy atom. The average Bonchev–Trinajstić information content (AvgIpc) is 3.23. The number of halogens is 2. The molecule has 1 aromatic heterocycles. The summed E-state index contributed by atoms with van der Waals surface area (Å²) >= 11 is 6.34. The van der Waals surface area contributed by atoms with E-state index in [0.717, 1.165) is 66.0 Å². The van der Waals surface area contributed by atoms with Gasteiger partial charge in [-0.3, -0.25) is 9.69 Å². The van der Waals surface area contributed by atoms with E-state index in [1.807, 2.05) is 42.5 Å². The van der Waals surface area contributed by atoms with Gasteiger partial charge in [0.15, 0.2) is 0 Å². The number of aromatic nitrogens is 1. The second kappa shape index (κ2) is 10.9. The fourth-order valence-electron chi connectivity index (χ4n) is 5.06. The minimum atomic E-state index is -0.0212. The van der Waals surface area contributed by atoms with Crippen LogP contribution in [0.15, 0.2) is 60.7 Å². The number of anilines is 1. The summed E-state index contributed by atoms with van der Waals surface area (Å²) in [4.78, 5) is 21.5. The summed E-state index contributed by atoms with van der Waals surface area (Å²) in [5, 5.41) is 6.44. The first-order valence-corrected chi connectivity index (χ1v) is 12.5. The largest absolute Gasteiger partial charge is 0.369 e. The number of aromatic amines is 1. The van der Waals surface area contributed by atoms with Gasteiger partial charge >= 0.3 is 0 Å². The number of hydrogen-bond donors (Lipinski definition) is 2. The Balaban J connectivity index is 0.00000289. The molecule has 1 unspecified atom stereocenters. The molecule has 0 aliphatic carbocycles. The molecular weight excluding hydrogens is 479 g/mol. The van der Waals surface area contributed by atoms with Crippen LogP contribution in [0.2, 0.25) is 5.02 Å². The molecule has 1 atom stereocenters. The average molecular weight is 511 g/mol. The summed E-state index contributed by atoms with van der Waals surface area (Å²) in [6.07, 6.45) is 1.97. The first-order valence-electron chi connectivity index (χ1n) is 12.1. The number of fused-ring (bicyclic) bond motifs is 3. The number of H-pyrrole nitrogens is 1. The van der Waals surface area contributed by atoms with Crippen LogP contribution in [0.3, 0.4) is 0 Å². The summed E-state index contributed by atoms with van der Waals surface area (Å²) in [5.41, 5.74) is 5.10. The number of carbonyl (C=O) groups is 1. The molecule has 1 amide bonds. The number of carbonyl (C=O) groups excluding carboxylic acids is 1. The minimum absolute atomic E-state index is 0. The molecule has 0 saturated carbocycles. The fraction of sp³-hybridized carbons (Fsp3) is 0.321. The first kappa shape index (κ1) is 25.4. The predicted octanol–water partition coefficient (Wildman–Crippen LogP) is 6.38. The Kier molecular flexibility index (Phi) is 7.90. The van der Waals surface area contributed by atoms with Gasteiger partial charge in [-0.05, 0) is 49.2 Å². The summed E-state index contributed by atoms with van der Waals surface area (Å²) in [5.74, 6) is -0.0212. The molecule has 184 valence electrons. The van der Waals surface area contributed by atoms with Crippen molar-refractivity contribution in [1.82, 2.24) is 15.2 Å². The minimum Gasteiger partial charge on any atom is -0.369 e. The highest BCUT2D eigenvalue weighted by molar-refractivity contribution is 6.31. The molecule has 5 rings (SSSR count). The van der Waals surface area contributed by atoms with E-state index >= 15 is 0 Å². The lowest BCUT2D eigenvalue weighted by atomic mass is 10.1. The number of piperazine rings is 1. The monoisotopic (exact) mass is 510 g/mol. The zero-order valence-corrected chi connectivity index (χ0v) is 21.8. The van der Waals surface area contributed by atoms with E-state index in [0.29, 0.717) is 5.56 Å². The van der Waals surface area contributed by atoms with Crippen LogP contribution in [-0.4, -0.2) is 48.1 Å². The third-order valence-electron chi connectivity index (χ3n) is 6.96. The van der Waals surface area contributed by atoms with Gasteiger partial charge in [-0.25, -0.2) is 0 Å². The topological polar surface area (TPSA) is 51.4 Å². The lowest BCUT2D eigenvalue weighted by Gasteiger charge is -2.41. The standard InChI is InChI=1S/C28H31ClN4O.ClH/c1-3-7-27(33-16-14-32(15-17-33)26-11-6-9-23(29)19(26)2)31-28(34)20-12-13-22-21-8-4-5-10-24(21)30-25(22)18-20;/h4-6,8-13,18,27,30H,3,7,14-17H2,1-2H3,(H,31,34);1H. The van der Waals surface area contributed by atoms with Gasteiger partial charge in [0.25, 0.3) is 5.91 Å². The Morgan fingerprint density at radius 2 is 1.74 bits per heavy atom. The van der Waals surface area contributed by atoms with Crippen molar-refractivity contribution < 1.29 is 4.79 Å². The van der Waals surface area contributed by atoms with Crippen molar-refractivity contribution in [3.63, 3.8) is 0 Å². The molecule has 7 heteroatoms. The maximum Gasteiger partial charge on any atom is 0.252 e. The zero-order valence-electron chi connectivity index (χ0n) is 20.2. The van der Waals surface area contributed by atoms with Gasteiger partial charge in [0.2, 0.25) is 0 Å². The maximum absolute atomic E-state index is 13.2. The maximum atomic E-state index is 13.2. The van der Waals surface area contributed by atoms with E-state index in [2.05, 4.69) is 52.1 Å². The fourth-order valence-corrected chi connectivity index (χ4v) is 5.23. The Bertz CT molecular complexity index is 1330. The highest BCUT2D eigenvalue weighted by Crippen LogP contribution is 2.28. The highest BCUT2D eigenvalue weighted by Gasteiger charge is 2.26. The Labute approximate surface area is 217 Å². The second-order valence-electron chi connectivity index (χ2n) is 9.12. The number of hydrogen-bond acceptors (Lipinski definition) is 3. The lowest BCUT2D eigenvalue weighted by molar-refractivity contribution is 0.0824. The van der Waals surface area contributed by atoms with Crippen LogP contribution < -0.4 is 10.2 Å².